The lowest BCUT2D eigenvalue weighted by molar-refractivity contribution is -0.119. The van der Waals surface area contributed by atoms with Crippen LogP contribution in [0, 0.1) is 17.8 Å². The van der Waals surface area contributed by atoms with E-state index in [9.17, 15) is 9.59 Å². The van der Waals surface area contributed by atoms with Gasteiger partial charge in [0, 0.05) is 36.0 Å². The normalized spacial score (nSPS) is 18.3. The highest BCUT2D eigenvalue weighted by Crippen LogP contribution is 2.32. The molecule has 0 radical (unpaired) electrons. The Morgan fingerprint density at radius 3 is 2.86 bits per heavy atom. The zero-order valence-electron chi connectivity index (χ0n) is 16.3. The summed E-state index contributed by atoms with van der Waals surface area (Å²) in [6.07, 6.45) is 3.15. The molecule has 3 rings (SSSR count). The van der Waals surface area contributed by atoms with E-state index >= 15 is 0 Å². The Labute approximate surface area is 164 Å². The number of pyridine rings is 1. The van der Waals surface area contributed by atoms with Gasteiger partial charge in [-0.05, 0) is 25.0 Å². The molecule has 7 heteroatoms. The summed E-state index contributed by atoms with van der Waals surface area (Å²) >= 11 is 0. The quantitative estimate of drug-likeness (QED) is 0.665. The topological polar surface area (TPSA) is 106 Å². The van der Waals surface area contributed by atoms with E-state index < -0.39 is 5.91 Å². The number of nitrogens with one attached hydrogen (secondary N) is 2. The lowest BCUT2D eigenvalue weighted by Gasteiger charge is -2.19. The standard InChI is InChI=1S/C21H24N4O3/c1-4-6-13-10-23-21(24-11-17-12(5-2)7-19(26)25-17)15-9-18(28-3)16(20(22)27)8-14(13)15/h8-10,12,17H,5,7,11H2,1-3H3,(H2,22,27)(H,23,24)(H,25,26)/t12-,17-/m1/s1. The number of nitrogens with zero attached hydrogens (tertiary/aromatic N) is 1. The van der Waals surface area contributed by atoms with Gasteiger partial charge in [-0.1, -0.05) is 19.3 Å². The average Bonchev–Trinajstić information content (AvgIpc) is 3.06. The van der Waals surface area contributed by atoms with Crippen molar-refractivity contribution in [1.82, 2.24) is 10.3 Å². The van der Waals surface area contributed by atoms with Gasteiger partial charge in [-0.15, -0.1) is 5.92 Å². The van der Waals surface area contributed by atoms with Gasteiger partial charge in [0.2, 0.25) is 5.91 Å². The summed E-state index contributed by atoms with van der Waals surface area (Å²) in [6, 6.07) is 3.49. The van der Waals surface area contributed by atoms with Crippen LogP contribution in [0.5, 0.6) is 5.75 Å². The number of ether oxygens (including phenoxy) is 1. The van der Waals surface area contributed by atoms with E-state index in [1.807, 2.05) is 0 Å². The molecule has 1 aliphatic rings. The van der Waals surface area contributed by atoms with Crippen LogP contribution >= 0.6 is 0 Å². The number of hydrogen-bond donors (Lipinski definition) is 3. The van der Waals surface area contributed by atoms with Crippen molar-refractivity contribution in [2.24, 2.45) is 11.7 Å². The van der Waals surface area contributed by atoms with Crippen LogP contribution in [-0.4, -0.2) is 36.5 Å². The van der Waals surface area contributed by atoms with Gasteiger partial charge >= 0.3 is 0 Å². The first kappa shape index (κ1) is 19.5. The second kappa shape index (κ2) is 8.17. The van der Waals surface area contributed by atoms with Crippen molar-refractivity contribution < 1.29 is 14.3 Å². The van der Waals surface area contributed by atoms with Gasteiger partial charge in [0.25, 0.3) is 5.91 Å². The molecule has 2 amide bonds. The molecule has 146 valence electrons. The average molecular weight is 380 g/mol. The van der Waals surface area contributed by atoms with E-state index in [0.29, 0.717) is 41.6 Å². The first-order valence-corrected chi connectivity index (χ1v) is 9.25. The molecule has 1 aromatic heterocycles. The predicted octanol–water partition coefficient (Wildman–Crippen LogP) is 2.04. The smallest absolute Gasteiger partial charge is 0.252 e. The van der Waals surface area contributed by atoms with Crippen molar-refractivity contribution in [3.8, 4) is 17.6 Å². The largest absolute Gasteiger partial charge is 0.496 e. The van der Waals surface area contributed by atoms with E-state index in [1.165, 1.54) is 7.11 Å². The van der Waals surface area contributed by atoms with Gasteiger partial charge in [0.1, 0.15) is 11.6 Å². The number of carbonyl (C=O) groups excluding carboxylic acids is 2. The van der Waals surface area contributed by atoms with Crippen molar-refractivity contribution >= 4 is 28.4 Å². The molecular weight excluding hydrogens is 356 g/mol. The highest BCUT2D eigenvalue weighted by atomic mass is 16.5. The molecule has 0 saturated carbocycles. The molecule has 2 atom stereocenters. The number of primary amides is 1. The summed E-state index contributed by atoms with van der Waals surface area (Å²) in [5.74, 6) is 6.71. The number of fused-ring (bicyclic) bond motifs is 1. The van der Waals surface area contributed by atoms with Gasteiger partial charge in [-0.3, -0.25) is 9.59 Å². The summed E-state index contributed by atoms with van der Waals surface area (Å²) in [4.78, 5) is 28.0. The number of hydrogen-bond acceptors (Lipinski definition) is 5. The SMILES string of the molecule is CC#Cc1cnc(NC[C@H]2NC(=O)C[C@H]2CC)c2cc(OC)c(C(N)=O)cc12. The van der Waals surface area contributed by atoms with Crippen molar-refractivity contribution in [3.05, 3.63) is 29.5 Å². The highest BCUT2D eigenvalue weighted by Gasteiger charge is 2.30. The molecule has 1 aliphatic heterocycles. The Hall–Kier alpha value is -3.27. The first-order valence-electron chi connectivity index (χ1n) is 9.25. The molecule has 1 saturated heterocycles. The molecule has 28 heavy (non-hydrogen) atoms. The summed E-state index contributed by atoms with van der Waals surface area (Å²) in [5, 5.41) is 7.90. The van der Waals surface area contributed by atoms with Crippen LogP contribution in [0.25, 0.3) is 10.8 Å². The molecule has 2 heterocycles. The fourth-order valence-corrected chi connectivity index (χ4v) is 3.62. The molecule has 4 N–H and O–H groups in total. The van der Waals surface area contributed by atoms with Crippen LogP contribution in [0.1, 0.15) is 42.6 Å². The number of anilines is 1. The molecule has 2 aromatic rings. The first-order chi connectivity index (χ1) is 13.5. The minimum absolute atomic E-state index is 0.0521. The Morgan fingerprint density at radius 2 is 2.21 bits per heavy atom. The van der Waals surface area contributed by atoms with Gasteiger partial charge in [0.05, 0.1) is 18.2 Å². The number of carbonyl (C=O) groups is 2. The zero-order valence-corrected chi connectivity index (χ0v) is 16.3. The number of methoxy groups -OCH3 is 1. The Morgan fingerprint density at radius 1 is 1.43 bits per heavy atom. The zero-order chi connectivity index (χ0) is 20.3. The lowest BCUT2D eigenvalue weighted by atomic mass is 9.97. The third-order valence-corrected chi connectivity index (χ3v) is 5.11. The van der Waals surface area contributed by atoms with Crippen LogP contribution in [0.15, 0.2) is 18.3 Å². The fourth-order valence-electron chi connectivity index (χ4n) is 3.62. The number of rotatable bonds is 6. The third-order valence-electron chi connectivity index (χ3n) is 5.11. The monoisotopic (exact) mass is 380 g/mol. The molecule has 1 aromatic carbocycles. The Balaban J connectivity index is 2.02. The maximum atomic E-state index is 11.8. The molecule has 1 fully saturated rings. The predicted molar refractivity (Wildman–Crippen MR) is 108 cm³/mol. The Bertz CT molecular complexity index is 991. The second-order valence-corrected chi connectivity index (χ2v) is 6.79. The third kappa shape index (κ3) is 3.72. The van der Waals surface area contributed by atoms with Crippen molar-refractivity contribution in [1.29, 1.82) is 0 Å². The van der Waals surface area contributed by atoms with Crippen LogP contribution < -0.4 is 21.1 Å². The minimum Gasteiger partial charge on any atom is -0.496 e. The molecule has 0 bridgehead atoms. The van der Waals surface area contributed by atoms with Crippen LogP contribution in [0.2, 0.25) is 0 Å². The highest BCUT2D eigenvalue weighted by molar-refractivity contribution is 6.04. The summed E-state index contributed by atoms with van der Waals surface area (Å²) < 4.78 is 5.35. The molecule has 0 unspecified atom stereocenters. The molecular formula is C21H24N4O3. The lowest BCUT2D eigenvalue weighted by Crippen LogP contribution is -2.35. The fraction of sp³-hybridized carbons (Fsp3) is 0.381. The number of nitrogens with two attached hydrogens (primary N) is 1. The van der Waals surface area contributed by atoms with Gasteiger partial charge in [-0.25, -0.2) is 4.98 Å². The van der Waals surface area contributed by atoms with E-state index in [0.717, 1.165) is 17.2 Å². The maximum absolute atomic E-state index is 11.8. The van der Waals surface area contributed by atoms with Crippen LogP contribution in [0.4, 0.5) is 5.82 Å². The number of benzene rings is 1. The van der Waals surface area contributed by atoms with Crippen LogP contribution in [-0.2, 0) is 4.79 Å². The maximum Gasteiger partial charge on any atom is 0.252 e. The van der Waals surface area contributed by atoms with Gasteiger partial charge in [0.15, 0.2) is 0 Å². The van der Waals surface area contributed by atoms with E-state index in [4.69, 9.17) is 10.5 Å². The van der Waals surface area contributed by atoms with Crippen molar-refractivity contribution in [2.75, 3.05) is 19.0 Å². The van der Waals surface area contributed by atoms with Gasteiger partial charge < -0.3 is 21.1 Å². The number of aromatic nitrogens is 1. The van der Waals surface area contributed by atoms with Gasteiger partial charge in [-0.2, -0.15) is 0 Å². The Kier molecular flexibility index (Phi) is 5.69. The minimum atomic E-state index is -0.570. The van der Waals surface area contributed by atoms with E-state index in [1.54, 1.807) is 25.3 Å². The summed E-state index contributed by atoms with van der Waals surface area (Å²) in [7, 11) is 1.49. The molecule has 7 nitrogen and oxygen atoms in total. The van der Waals surface area contributed by atoms with E-state index in [-0.39, 0.29) is 11.9 Å². The molecule has 0 spiro atoms. The van der Waals surface area contributed by atoms with Crippen LogP contribution in [0.3, 0.4) is 0 Å². The molecule has 0 aliphatic carbocycles. The summed E-state index contributed by atoms with van der Waals surface area (Å²) in [6.45, 7) is 4.38. The summed E-state index contributed by atoms with van der Waals surface area (Å²) in [5.41, 5.74) is 6.50. The number of amides is 2. The van der Waals surface area contributed by atoms with Crippen molar-refractivity contribution in [3.63, 3.8) is 0 Å². The second-order valence-electron chi connectivity index (χ2n) is 6.79. The van der Waals surface area contributed by atoms with E-state index in [2.05, 4.69) is 34.4 Å². The van der Waals surface area contributed by atoms with Crippen molar-refractivity contribution in [2.45, 2.75) is 32.7 Å².